The first-order valence-electron chi connectivity index (χ1n) is 6.11. The van der Waals surface area contributed by atoms with Gasteiger partial charge in [-0.3, -0.25) is 4.79 Å². The summed E-state index contributed by atoms with van der Waals surface area (Å²) in [4.78, 5) is 18.2. The summed E-state index contributed by atoms with van der Waals surface area (Å²) in [6, 6.07) is 3.38. The molecular weight excluding hydrogens is 228 g/mol. The molecule has 2 aromatic heterocycles. The Bertz CT molecular complexity index is 538. The number of pyridine rings is 1. The van der Waals surface area contributed by atoms with Gasteiger partial charge in [0, 0.05) is 31.7 Å². The molecule has 5 nitrogen and oxygen atoms in total. The van der Waals surface area contributed by atoms with E-state index in [9.17, 15) is 4.79 Å². The number of nitrogens with zero attached hydrogens (tertiary/aromatic N) is 2. The summed E-state index contributed by atoms with van der Waals surface area (Å²) in [5.74, 6) is 0.940. The van der Waals surface area contributed by atoms with Crippen LogP contribution in [0.25, 0.3) is 0 Å². The molecule has 0 aliphatic carbocycles. The number of nitrogens with one attached hydrogen (secondary N) is 2. The molecule has 0 bridgehead atoms. The molecule has 0 radical (unpaired) electrons. The van der Waals surface area contributed by atoms with Gasteiger partial charge >= 0.3 is 0 Å². The zero-order valence-electron chi connectivity index (χ0n) is 10.7. The molecule has 0 amide bonds. The van der Waals surface area contributed by atoms with E-state index in [0.29, 0.717) is 0 Å². The van der Waals surface area contributed by atoms with Gasteiger partial charge in [0.25, 0.3) is 0 Å². The fourth-order valence-corrected chi connectivity index (χ4v) is 1.90. The van der Waals surface area contributed by atoms with Gasteiger partial charge in [-0.25, -0.2) is 4.98 Å². The Morgan fingerprint density at radius 2 is 2.33 bits per heavy atom. The van der Waals surface area contributed by atoms with Crippen molar-refractivity contribution in [2.45, 2.75) is 19.4 Å². The number of rotatable bonds is 5. The molecule has 1 atom stereocenters. The number of aromatic amines is 1. The van der Waals surface area contributed by atoms with Crippen LogP contribution in [0.15, 0.2) is 35.5 Å². The van der Waals surface area contributed by atoms with Crippen LogP contribution in [0, 0.1) is 0 Å². The molecular formula is C13H18N4O. The minimum Gasteiger partial charge on any atom is -0.336 e. The first kappa shape index (κ1) is 12.6. The number of hydrogen-bond donors (Lipinski definition) is 2. The lowest BCUT2D eigenvalue weighted by molar-refractivity contribution is 0.554. The van der Waals surface area contributed by atoms with Gasteiger partial charge in [-0.2, -0.15) is 0 Å². The quantitative estimate of drug-likeness (QED) is 0.833. The third-order valence-electron chi connectivity index (χ3n) is 2.86. The largest absolute Gasteiger partial charge is 0.336 e. The molecule has 5 heteroatoms. The van der Waals surface area contributed by atoms with Crippen molar-refractivity contribution in [3.05, 3.63) is 52.5 Å². The molecule has 0 spiro atoms. The second-order valence-corrected chi connectivity index (χ2v) is 4.27. The summed E-state index contributed by atoms with van der Waals surface area (Å²) >= 11 is 0. The molecule has 0 fully saturated rings. The SMILES string of the molecule is CCCNC(c1ccc(=O)[nH]c1)c1nccn1C. The van der Waals surface area contributed by atoms with Crippen LogP contribution >= 0.6 is 0 Å². The molecule has 0 aromatic carbocycles. The Balaban J connectivity index is 2.33. The average Bonchev–Trinajstić information content (AvgIpc) is 2.78. The summed E-state index contributed by atoms with van der Waals surface area (Å²) in [6.07, 6.45) is 6.48. The highest BCUT2D eigenvalue weighted by Gasteiger charge is 2.17. The summed E-state index contributed by atoms with van der Waals surface area (Å²) in [7, 11) is 1.97. The van der Waals surface area contributed by atoms with E-state index in [2.05, 4.69) is 22.2 Å². The first-order valence-corrected chi connectivity index (χ1v) is 6.11. The van der Waals surface area contributed by atoms with E-state index >= 15 is 0 Å². The van der Waals surface area contributed by atoms with Crippen LogP contribution in [-0.2, 0) is 7.05 Å². The average molecular weight is 246 g/mol. The highest BCUT2D eigenvalue weighted by atomic mass is 16.1. The lowest BCUT2D eigenvalue weighted by Gasteiger charge is -2.18. The fraction of sp³-hybridized carbons (Fsp3) is 0.385. The molecule has 0 saturated carbocycles. The Morgan fingerprint density at radius 1 is 1.50 bits per heavy atom. The van der Waals surface area contributed by atoms with E-state index < -0.39 is 0 Å². The molecule has 2 N–H and O–H groups in total. The zero-order chi connectivity index (χ0) is 13.0. The van der Waals surface area contributed by atoms with E-state index in [4.69, 9.17) is 0 Å². The Labute approximate surface area is 106 Å². The number of imidazole rings is 1. The van der Waals surface area contributed by atoms with Crippen molar-refractivity contribution in [2.24, 2.45) is 7.05 Å². The van der Waals surface area contributed by atoms with E-state index in [1.54, 1.807) is 18.5 Å². The molecule has 18 heavy (non-hydrogen) atoms. The van der Waals surface area contributed by atoms with Crippen molar-refractivity contribution in [1.29, 1.82) is 0 Å². The predicted octanol–water partition coefficient (Wildman–Crippen LogP) is 1.20. The summed E-state index contributed by atoms with van der Waals surface area (Å²) in [5, 5.41) is 3.44. The van der Waals surface area contributed by atoms with Crippen molar-refractivity contribution in [3.8, 4) is 0 Å². The molecule has 0 saturated heterocycles. The summed E-state index contributed by atoms with van der Waals surface area (Å²) < 4.78 is 1.98. The van der Waals surface area contributed by atoms with E-state index in [1.165, 1.54) is 0 Å². The number of hydrogen-bond acceptors (Lipinski definition) is 3. The standard InChI is InChI=1S/C13H18N4O/c1-3-6-14-12(13-15-7-8-17(13)2)10-4-5-11(18)16-9-10/h4-5,7-9,12,14H,3,6H2,1-2H3,(H,16,18). The summed E-state index contributed by atoms with van der Waals surface area (Å²) in [6.45, 7) is 3.02. The smallest absolute Gasteiger partial charge is 0.247 e. The third-order valence-corrected chi connectivity index (χ3v) is 2.86. The van der Waals surface area contributed by atoms with Crippen molar-refractivity contribution < 1.29 is 0 Å². The van der Waals surface area contributed by atoms with Gasteiger partial charge in [0.05, 0.1) is 6.04 Å². The highest BCUT2D eigenvalue weighted by molar-refractivity contribution is 5.22. The van der Waals surface area contributed by atoms with E-state index in [-0.39, 0.29) is 11.6 Å². The van der Waals surface area contributed by atoms with Crippen molar-refractivity contribution in [1.82, 2.24) is 19.9 Å². The van der Waals surface area contributed by atoms with Crippen LogP contribution in [0.1, 0.15) is 30.8 Å². The van der Waals surface area contributed by atoms with Crippen LogP contribution in [0.2, 0.25) is 0 Å². The second-order valence-electron chi connectivity index (χ2n) is 4.27. The maximum absolute atomic E-state index is 11.1. The topological polar surface area (TPSA) is 62.7 Å². The highest BCUT2D eigenvalue weighted by Crippen LogP contribution is 2.18. The third kappa shape index (κ3) is 2.68. The molecule has 2 heterocycles. The molecule has 2 aromatic rings. The fourth-order valence-electron chi connectivity index (χ4n) is 1.90. The zero-order valence-corrected chi connectivity index (χ0v) is 10.7. The van der Waals surface area contributed by atoms with Crippen LogP contribution in [0.3, 0.4) is 0 Å². The number of aryl methyl sites for hydroxylation is 1. The molecule has 2 rings (SSSR count). The number of H-pyrrole nitrogens is 1. The van der Waals surface area contributed by atoms with Gasteiger partial charge < -0.3 is 14.9 Å². The van der Waals surface area contributed by atoms with Gasteiger partial charge in [0.1, 0.15) is 5.82 Å². The van der Waals surface area contributed by atoms with Crippen molar-refractivity contribution >= 4 is 0 Å². The normalized spacial score (nSPS) is 12.6. The van der Waals surface area contributed by atoms with E-state index in [0.717, 1.165) is 24.4 Å². The minimum atomic E-state index is -0.0900. The predicted molar refractivity (Wildman–Crippen MR) is 70.4 cm³/mol. The number of aromatic nitrogens is 3. The Morgan fingerprint density at radius 3 is 2.89 bits per heavy atom. The van der Waals surface area contributed by atoms with Crippen molar-refractivity contribution in [3.63, 3.8) is 0 Å². The lowest BCUT2D eigenvalue weighted by atomic mass is 10.1. The van der Waals surface area contributed by atoms with Crippen LogP contribution in [0.5, 0.6) is 0 Å². The van der Waals surface area contributed by atoms with Gasteiger partial charge in [-0.1, -0.05) is 13.0 Å². The molecule has 96 valence electrons. The Kier molecular flexibility index (Phi) is 3.94. The minimum absolute atomic E-state index is 0.00167. The van der Waals surface area contributed by atoms with Crippen LogP contribution < -0.4 is 10.9 Å². The van der Waals surface area contributed by atoms with Crippen molar-refractivity contribution in [2.75, 3.05) is 6.54 Å². The monoisotopic (exact) mass is 246 g/mol. The maximum atomic E-state index is 11.1. The van der Waals surface area contributed by atoms with Gasteiger partial charge in [0.15, 0.2) is 0 Å². The van der Waals surface area contributed by atoms with Crippen LogP contribution in [-0.4, -0.2) is 21.1 Å². The molecule has 0 aliphatic rings. The molecule has 0 aliphatic heterocycles. The van der Waals surface area contributed by atoms with Gasteiger partial charge in [-0.05, 0) is 18.5 Å². The summed E-state index contributed by atoms with van der Waals surface area (Å²) in [5.41, 5.74) is 0.921. The maximum Gasteiger partial charge on any atom is 0.247 e. The first-order chi connectivity index (χ1) is 8.72. The lowest BCUT2D eigenvalue weighted by Crippen LogP contribution is -2.26. The van der Waals surface area contributed by atoms with E-state index in [1.807, 2.05) is 23.9 Å². The van der Waals surface area contributed by atoms with Gasteiger partial charge in [-0.15, -0.1) is 0 Å². The second kappa shape index (κ2) is 5.64. The van der Waals surface area contributed by atoms with Crippen LogP contribution in [0.4, 0.5) is 0 Å². The van der Waals surface area contributed by atoms with Gasteiger partial charge in [0.2, 0.25) is 5.56 Å². The molecule has 1 unspecified atom stereocenters. The Hall–Kier alpha value is -1.88.